The van der Waals surface area contributed by atoms with Gasteiger partial charge in [0.2, 0.25) is 0 Å². The quantitative estimate of drug-likeness (QED) is 0.0451. The van der Waals surface area contributed by atoms with Gasteiger partial charge in [0.05, 0.1) is 30.5 Å². The Morgan fingerprint density at radius 1 is 0.701 bits per heavy atom. The summed E-state index contributed by atoms with van der Waals surface area (Å²) in [5.41, 5.74) is -5.15. The van der Waals surface area contributed by atoms with Crippen molar-refractivity contribution in [1.82, 2.24) is 0 Å². The van der Waals surface area contributed by atoms with Crippen molar-refractivity contribution in [3.05, 3.63) is 63.8 Å². The second-order valence-electron chi connectivity index (χ2n) is 18.9. The number of aliphatic carboxylic acids is 1. The number of aliphatic hydroxyl groups is 1. The topological polar surface area (TPSA) is 170 Å². The van der Waals surface area contributed by atoms with Gasteiger partial charge in [0.1, 0.15) is 25.9 Å². The Balaban J connectivity index is -0.000000936. The molecule has 0 aliphatic rings. The molecule has 0 heterocycles. The highest BCUT2D eigenvalue weighted by Gasteiger charge is 2.76. The maximum Gasteiger partial charge on any atom is 0.437 e. The molecule has 2 aromatic rings. The third kappa shape index (κ3) is 30.4. The van der Waals surface area contributed by atoms with Crippen molar-refractivity contribution >= 4 is 97.6 Å². The molecule has 0 radical (unpaired) electrons. The molecule has 28 heteroatoms. The van der Waals surface area contributed by atoms with Gasteiger partial charge in [0.25, 0.3) is 0 Å². The van der Waals surface area contributed by atoms with Crippen molar-refractivity contribution in [3.8, 4) is 0 Å². The molecule has 0 fully saturated rings. The number of esters is 4. The highest BCUT2D eigenvalue weighted by atomic mass is 127. The minimum atomic E-state index is -6.25. The lowest BCUT2D eigenvalue weighted by molar-refractivity contribution is -0.858. The number of carboxylic acid groups (broad SMARTS) is 1. The van der Waals surface area contributed by atoms with E-state index in [4.69, 9.17) is 14.6 Å². The Labute approximate surface area is 481 Å². The third-order valence-corrected chi connectivity index (χ3v) is 14.4. The number of carbonyl (C=O) groups is 5. The first-order valence-electron chi connectivity index (χ1n) is 23.1. The van der Waals surface area contributed by atoms with E-state index >= 15 is 0 Å². The fourth-order valence-corrected chi connectivity index (χ4v) is 6.86. The van der Waals surface area contributed by atoms with Gasteiger partial charge >= 0.3 is 60.4 Å². The SMILES string of the molecule is CC(C)C(CC(=O)[O-])OC(=O)c1cc(I)cc(I)c1I.CC(F)(F)C(F)F.CCC(C)(C)C(=O)OCC(F)(F)F.CCC(C)(C)C(=O)OCC[NH+](C)C.CCC(C)c1ccc(COC(=O)C(O)(C(F)(F)F)C(F)(F)F)cc1. The van der Waals surface area contributed by atoms with Crippen molar-refractivity contribution in [3.63, 3.8) is 0 Å². The van der Waals surface area contributed by atoms with E-state index in [0.717, 1.165) is 35.7 Å². The molecular formula is C49H67F13I3NO11. The van der Waals surface area contributed by atoms with Crippen LogP contribution >= 0.6 is 67.8 Å². The van der Waals surface area contributed by atoms with Crippen molar-refractivity contribution < 1.29 is 115 Å². The van der Waals surface area contributed by atoms with Crippen molar-refractivity contribution in [2.24, 2.45) is 16.7 Å². The van der Waals surface area contributed by atoms with E-state index in [1.807, 2.05) is 68.6 Å². The predicted molar refractivity (Wildman–Crippen MR) is 281 cm³/mol. The molecule has 0 bridgehead atoms. The summed E-state index contributed by atoms with van der Waals surface area (Å²) in [4.78, 5) is 57.9. The number of likely N-dealkylation sites (N-methyl/N-ethyl adjacent to an activating group) is 1. The number of alkyl halides is 13. The molecule has 2 unspecified atom stereocenters. The summed E-state index contributed by atoms with van der Waals surface area (Å²) >= 11 is 6.37. The summed E-state index contributed by atoms with van der Waals surface area (Å²) in [7, 11) is 4.08. The highest BCUT2D eigenvalue weighted by molar-refractivity contribution is 14.1. The van der Waals surface area contributed by atoms with Crippen LogP contribution in [0.25, 0.3) is 0 Å². The van der Waals surface area contributed by atoms with Crippen LogP contribution in [-0.4, -0.2) is 111 Å². The fraction of sp³-hybridized carbons (Fsp3) is 0.653. The summed E-state index contributed by atoms with van der Waals surface area (Å²) in [5, 5.41) is 19.6. The Morgan fingerprint density at radius 3 is 1.49 bits per heavy atom. The molecule has 0 amide bonds. The number of hydrogen-bond acceptors (Lipinski definition) is 11. The largest absolute Gasteiger partial charge is 0.550 e. The molecule has 446 valence electrons. The van der Waals surface area contributed by atoms with E-state index in [2.05, 4.69) is 77.2 Å². The number of quaternary nitrogens is 1. The average molecular weight is 1470 g/mol. The lowest BCUT2D eigenvalue weighted by atomic mass is 9.91. The van der Waals surface area contributed by atoms with Crippen molar-refractivity contribution in [2.75, 3.05) is 33.9 Å². The van der Waals surface area contributed by atoms with Crippen LogP contribution in [0.4, 0.5) is 57.1 Å². The van der Waals surface area contributed by atoms with Crippen LogP contribution in [0, 0.1) is 27.5 Å². The van der Waals surface area contributed by atoms with Crippen molar-refractivity contribution in [2.45, 2.75) is 157 Å². The zero-order valence-corrected chi connectivity index (χ0v) is 51.0. The molecule has 2 aromatic carbocycles. The minimum Gasteiger partial charge on any atom is -0.550 e. The number of benzene rings is 2. The monoisotopic (exact) mass is 1470 g/mol. The molecule has 0 spiro atoms. The number of hydrogen-bond donors (Lipinski definition) is 2. The van der Waals surface area contributed by atoms with Gasteiger partial charge in [-0.3, -0.25) is 9.59 Å². The molecule has 77 heavy (non-hydrogen) atoms. The number of ether oxygens (including phenoxy) is 4. The van der Waals surface area contributed by atoms with E-state index in [0.29, 0.717) is 18.6 Å². The molecule has 2 atom stereocenters. The summed E-state index contributed by atoms with van der Waals surface area (Å²) in [6, 6.07) is 9.82. The Bertz CT molecular complexity index is 2120. The molecule has 0 aliphatic carbocycles. The molecule has 12 nitrogen and oxygen atoms in total. The minimum absolute atomic E-state index is 0.0867. The van der Waals surface area contributed by atoms with Gasteiger partial charge in [-0.2, -0.15) is 39.5 Å². The number of carboxylic acids is 1. The number of carbonyl (C=O) groups excluding carboxylic acids is 5. The summed E-state index contributed by atoms with van der Waals surface area (Å²) < 4.78 is 175. The zero-order chi connectivity index (χ0) is 61.5. The van der Waals surface area contributed by atoms with Crippen LogP contribution < -0.4 is 10.0 Å². The van der Waals surface area contributed by atoms with Gasteiger partial charge < -0.3 is 38.9 Å². The Hall–Kier alpha value is -3.01. The summed E-state index contributed by atoms with van der Waals surface area (Å²) in [5.74, 6) is -9.12. The third-order valence-electron chi connectivity index (χ3n) is 10.7. The van der Waals surface area contributed by atoms with Crippen LogP contribution in [0.1, 0.15) is 129 Å². The van der Waals surface area contributed by atoms with E-state index in [9.17, 15) is 86.2 Å². The highest BCUT2D eigenvalue weighted by Crippen LogP contribution is 2.44. The van der Waals surface area contributed by atoms with Gasteiger partial charge in [-0.1, -0.05) is 65.8 Å². The van der Waals surface area contributed by atoms with Crippen LogP contribution in [0.15, 0.2) is 36.4 Å². The maximum atomic E-state index is 12.5. The number of nitrogens with one attached hydrogen (secondary N) is 1. The average Bonchev–Trinajstić information content (AvgIpc) is 3.29. The van der Waals surface area contributed by atoms with E-state index in [1.165, 1.54) is 17.0 Å². The molecule has 0 saturated carbocycles. The first kappa shape index (κ1) is 78.2. The molecule has 2 rings (SSSR count). The van der Waals surface area contributed by atoms with Gasteiger partial charge in [0, 0.05) is 30.0 Å². The van der Waals surface area contributed by atoms with E-state index < -0.39 is 85.1 Å². The van der Waals surface area contributed by atoms with Gasteiger partial charge in [-0.15, -0.1) is 0 Å². The van der Waals surface area contributed by atoms with E-state index in [-0.39, 0.29) is 42.1 Å². The molecule has 0 aromatic heterocycles. The fourth-order valence-electron chi connectivity index (χ4n) is 4.48. The lowest BCUT2D eigenvalue weighted by Gasteiger charge is -2.29. The predicted octanol–water partition coefficient (Wildman–Crippen LogP) is 11.5. The van der Waals surface area contributed by atoms with Crippen LogP contribution in [0.3, 0.4) is 0 Å². The standard InChI is InChI=1S/C15H16F6O3.C13H13I3O4.C10H21NO2.C8H13F3O2.C3H4F4/c1-3-9(2)11-6-4-10(5-7-11)8-24-12(22)13(23,14(16,17)18)15(19,20)21;1-6(2)10(5-11(17)18)20-13(19)8-3-7(14)4-9(15)12(8)16;1-6-10(2,3)9(12)13-8-7-11(4)5;1-4-7(2,3)6(12)13-5-8(9,10)11;1-3(6,7)2(4)5/h4-7,9,23H,3,8H2,1-2H3;3-4,6,10H,5H2,1-2H3,(H,17,18);6-8H2,1-5H3;4-5H2,1-3H3;2H,1H3. The van der Waals surface area contributed by atoms with Gasteiger partial charge in [-0.05, 0) is 150 Å². The molecule has 0 saturated heterocycles. The number of rotatable bonds is 19. The number of halogens is 16. The first-order valence-corrected chi connectivity index (χ1v) is 26.4. The van der Waals surface area contributed by atoms with Gasteiger partial charge in [0.15, 0.2) is 6.61 Å². The van der Waals surface area contributed by atoms with Gasteiger partial charge in [-0.25, -0.2) is 27.2 Å². The Kier molecular flexibility index (Phi) is 34.9. The first-order chi connectivity index (χ1) is 34.6. The Morgan fingerprint density at radius 2 is 1.14 bits per heavy atom. The lowest BCUT2D eigenvalue weighted by Crippen LogP contribution is -3.06. The van der Waals surface area contributed by atoms with E-state index in [1.54, 1.807) is 39.0 Å². The molecular weight excluding hydrogens is 1410 g/mol. The smallest absolute Gasteiger partial charge is 0.437 e. The normalized spacial score (nSPS) is 13.0. The summed E-state index contributed by atoms with van der Waals surface area (Å²) in [6.45, 7) is 17.4. The van der Waals surface area contributed by atoms with Crippen molar-refractivity contribution in [1.29, 1.82) is 0 Å². The maximum absolute atomic E-state index is 12.5. The second kappa shape index (κ2) is 34.3. The van der Waals surface area contributed by atoms with Crippen LogP contribution in [-0.2, 0) is 44.7 Å². The molecule has 2 N–H and O–H groups in total. The zero-order valence-electron chi connectivity index (χ0n) is 44.5. The molecule has 0 aliphatic heterocycles. The van der Waals surface area contributed by atoms with Crippen LogP contribution in [0.2, 0.25) is 0 Å². The summed E-state index contributed by atoms with van der Waals surface area (Å²) in [6.07, 6.45) is -19.3. The van der Waals surface area contributed by atoms with Crippen LogP contribution in [0.5, 0.6) is 0 Å². The second-order valence-corrected chi connectivity index (χ2v) is 22.3.